The maximum Gasteiger partial charge on any atom is 0.276 e. The summed E-state index contributed by atoms with van der Waals surface area (Å²) in [5, 5.41) is 13.4. The number of hydrogen-bond donors (Lipinski definition) is 2. The first-order valence-corrected chi connectivity index (χ1v) is 12.9. The third kappa shape index (κ3) is 9.55. The monoisotopic (exact) mass is 444 g/mol. The number of phenolic OH excluding ortho intramolecular Hbond substituents is 1. The third-order valence-corrected chi connectivity index (χ3v) is 6.60. The van der Waals surface area contributed by atoms with Gasteiger partial charge in [-0.15, -0.1) is 0 Å². The maximum absolute atomic E-state index is 12.4. The van der Waals surface area contributed by atoms with E-state index in [1.807, 2.05) is 12.1 Å². The minimum Gasteiger partial charge on any atom is -0.507 e. The molecule has 0 atom stereocenters. The topological polar surface area (TPSA) is 78.8 Å². The first-order valence-electron chi connectivity index (χ1n) is 11.4. The van der Waals surface area contributed by atoms with E-state index in [4.69, 9.17) is 0 Å². The minimum atomic E-state index is -3.73. The van der Waals surface area contributed by atoms with Crippen molar-refractivity contribution >= 4 is 16.2 Å². The number of aryl methyl sites for hydroxylation is 1. The number of rotatable bonds is 15. The molecule has 2 N–H and O–H groups in total. The second-order valence-electron chi connectivity index (χ2n) is 7.99. The number of sulfonamides is 1. The van der Waals surface area contributed by atoms with E-state index in [9.17, 15) is 13.5 Å². The Bertz CT molecular complexity index is 893. The molecule has 0 radical (unpaired) electrons. The summed E-state index contributed by atoms with van der Waals surface area (Å²) in [5.41, 5.74) is 1.59. The summed E-state index contributed by atoms with van der Waals surface area (Å²) in [6.07, 6.45) is 15.3. The SMILES string of the molecule is CCCCCCCCCCCCc1ccc(S(=O)(=O)N/N=C\c2ccccc2O)cc1. The van der Waals surface area contributed by atoms with Gasteiger partial charge in [0, 0.05) is 5.56 Å². The number of hydrogen-bond acceptors (Lipinski definition) is 4. The van der Waals surface area contributed by atoms with Gasteiger partial charge in [-0.05, 0) is 42.7 Å². The van der Waals surface area contributed by atoms with E-state index in [1.54, 1.807) is 30.3 Å². The fourth-order valence-electron chi connectivity index (χ4n) is 3.47. The smallest absolute Gasteiger partial charge is 0.276 e. The quantitative estimate of drug-likeness (QED) is 0.196. The number of para-hydroxylation sites is 1. The maximum atomic E-state index is 12.4. The van der Waals surface area contributed by atoms with Crippen LogP contribution in [0.3, 0.4) is 0 Å². The first-order chi connectivity index (χ1) is 15.0. The van der Waals surface area contributed by atoms with E-state index in [0.717, 1.165) is 18.4 Å². The van der Waals surface area contributed by atoms with Crippen LogP contribution in [0, 0.1) is 0 Å². The van der Waals surface area contributed by atoms with Crippen LogP contribution < -0.4 is 4.83 Å². The van der Waals surface area contributed by atoms with Crippen LogP contribution in [-0.2, 0) is 16.4 Å². The van der Waals surface area contributed by atoms with Crippen LogP contribution in [0.25, 0.3) is 0 Å². The Morgan fingerprint density at radius 3 is 2.03 bits per heavy atom. The molecule has 0 aliphatic rings. The molecule has 5 nitrogen and oxygen atoms in total. The van der Waals surface area contributed by atoms with Crippen LogP contribution in [0.4, 0.5) is 0 Å². The highest BCUT2D eigenvalue weighted by Gasteiger charge is 2.12. The van der Waals surface area contributed by atoms with E-state index in [-0.39, 0.29) is 10.6 Å². The molecule has 0 spiro atoms. The average Bonchev–Trinajstić information content (AvgIpc) is 2.77. The Morgan fingerprint density at radius 2 is 1.42 bits per heavy atom. The summed E-state index contributed by atoms with van der Waals surface area (Å²) in [5.74, 6) is 0.0433. The molecule has 2 rings (SSSR count). The molecule has 2 aromatic carbocycles. The summed E-state index contributed by atoms with van der Waals surface area (Å²) < 4.78 is 24.7. The molecule has 0 unspecified atom stereocenters. The lowest BCUT2D eigenvalue weighted by molar-refractivity contribution is 0.474. The lowest BCUT2D eigenvalue weighted by Crippen LogP contribution is -2.18. The first kappa shape index (κ1) is 24.9. The molecular weight excluding hydrogens is 408 g/mol. The van der Waals surface area contributed by atoms with Gasteiger partial charge in [0.15, 0.2) is 0 Å². The molecule has 0 aliphatic heterocycles. The Morgan fingerprint density at radius 1 is 0.839 bits per heavy atom. The molecule has 0 fully saturated rings. The van der Waals surface area contributed by atoms with Gasteiger partial charge in [-0.3, -0.25) is 0 Å². The lowest BCUT2D eigenvalue weighted by atomic mass is 10.0. The second kappa shape index (κ2) is 13.9. The van der Waals surface area contributed by atoms with E-state index in [2.05, 4.69) is 16.9 Å². The summed E-state index contributed by atoms with van der Waals surface area (Å²) in [4.78, 5) is 2.36. The Kier molecular flexibility index (Phi) is 11.1. The van der Waals surface area contributed by atoms with Crippen molar-refractivity contribution in [3.05, 3.63) is 59.7 Å². The van der Waals surface area contributed by atoms with E-state index in [0.29, 0.717) is 5.56 Å². The highest BCUT2D eigenvalue weighted by molar-refractivity contribution is 7.89. The lowest BCUT2D eigenvalue weighted by Gasteiger charge is -2.06. The Hall–Kier alpha value is -2.34. The van der Waals surface area contributed by atoms with Crippen molar-refractivity contribution in [1.29, 1.82) is 0 Å². The Labute approximate surface area is 187 Å². The molecule has 0 saturated heterocycles. The van der Waals surface area contributed by atoms with Crippen molar-refractivity contribution < 1.29 is 13.5 Å². The minimum absolute atomic E-state index is 0.0433. The summed E-state index contributed by atoms with van der Waals surface area (Å²) in [6.45, 7) is 2.25. The van der Waals surface area contributed by atoms with E-state index < -0.39 is 10.0 Å². The molecule has 31 heavy (non-hydrogen) atoms. The molecule has 0 bridgehead atoms. The standard InChI is InChI=1S/C25H36N2O3S/c1-2-3-4-5-6-7-8-9-10-11-14-22-17-19-24(20-18-22)31(29,30)27-26-21-23-15-12-13-16-25(23)28/h12-13,15-21,27-28H,2-11,14H2,1H3/b26-21-. The molecule has 0 heterocycles. The van der Waals surface area contributed by atoms with Gasteiger partial charge in [0.2, 0.25) is 0 Å². The number of benzene rings is 2. The third-order valence-electron chi connectivity index (χ3n) is 5.37. The molecule has 170 valence electrons. The predicted molar refractivity (Wildman–Crippen MR) is 128 cm³/mol. The molecule has 0 saturated carbocycles. The highest BCUT2D eigenvalue weighted by atomic mass is 32.2. The van der Waals surface area contributed by atoms with Gasteiger partial charge in [0.25, 0.3) is 10.0 Å². The predicted octanol–water partition coefficient (Wildman–Crippen LogP) is 6.17. The molecule has 0 aliphatic carbocycles. The number of phenols is 1. The fourth-order valence-corrected chi connectivity index (χ4v) is 4.26. The van der Waals surface area contributed by atoms with Crippen molar-refractivity contribution in [1.82, 2.24) is 4.83 Å². The molecule has 0 aromatic heterocycles. The summed E-state index contributed by atoms with van der Waals surface area (Å²) >= 11 is 0. The van der Waals surface area contributed by atoms with Crippen molar-refractivity contribution in [2.45, 2.75) is 82.4 Å². The van der Waals surface area contributed by atoms with Gasteiger partial charge in [0.1, 0.15) is 5.75 Å². The van der Waals surface area contributed by atoms with E-state index >= 15 is 0 Å². The zero-order valence-electron chi connectivity index (χ0n) is 18.6. The van der Waals surface area contributed by atoms with Crippen LogP contribution >= 0.6 is 0 Å². The average molecular weight is 445 g/mol. The number of nitrogens with one attached hydrogen (secondary N) is 1. The van der Waals surface area contributed by atoms with Crippen LogP contribution in [0.1, 0.15) is 82.3 Å². The molecule has 2 aromatic rings. The zero-order chi connectivity index (χ0) is 22.4. The van der Waals surface area contributed by atoms with Gasteiger partial charge in [0.05, 0.1) is 11.1 Å². The van der Waals surface area contributed by atoms with Gasteiger partial charge in [-0.1, -0.05) is 89.0 Å². The molecule has 0 amide bonds. The zero-order valence-corrected chi connectivity index (χ0v) is 19.4. The number of unbranched alkanes of at least 4 members (excludes halogenated alkanes) is 9. The summed E-state index contributed by atoms with van der Waals surface area (Å²) in [6, 6.07) is 13.6. The summed E-state index contributed by atoms with van der Waals surface area (Å²) in [7, 11) is -3.73. The van der Waals surface area contributed by atoms with Crippen LogP contribution in [-0.4, -0.2) is 19.7 Å². The van der Waals surface area contributed by atoms with Crippen molar-refractivity contribution in [2.24, 2.45) is 5.10 Å². The van der Waals surface area contributed by atoms with Gasteiger partial charge in [-0.2, -0.15) is 13.5 Å². The van der Waals surface area contributed by atoms with Crippen molar-refractivity contribution in [2.75, 3.05) is 0 Å². The van der Waals surface area contributed by atoms with Gasteiger partial charge < -0.3 is 5.11 Å². The fraction of sp³-hybridized carbons (Fsp3) is 0.480. The molecule has 6 heteroatoms. The number of hydrazone groups is 1. The van der Waals surface area contributed by atoms with Crippen LogP contribution in [0.15, 0.2) is 58.5 Å². The van der Waals surface area contributed by atoms with Gasteiger partial charge >= 0.3 is 0 Å². The van der Waals surface area contributed by atoms with Crippen molar-refractivity contribution in [3.8, 4) is 5.75 Å². The largest absolute Gasteiger partial charge is 0.507 e. The van der Waals surface area contributed by atoms with Crippen LogP contribution in [0.5, 0.6) is 5.75 Å². The van der Waals surface area contributed by atoms with Crippen LogP contribution in [0.2, 0.25) is 0 Å². The number of aromatic hydroxyl groups is 1. The van der Waals surface area contributed by atoms with Crippen molar-refractivity contribution in [3.63, 3.8) is 0 Å². The second-order valence-corrected chi connectivity index (χ2v) is 9.65. The molecular formula is C25H36N2O3S. The van der Waals surface area contributed by atoms with E-state index in [1.165, 1.54) is 70.1 Å². The Balaban J connectivity index is 1.69. The number of nitrogens with zero attached hydrogens (tertiary/aromatic N) is 1. The normalized spacial score (nSPS) is 11.8. The highest BCUT2D eigenvalue weighted by Crippen LogP contribution is 2.16. The van der Waals surface area contributed by atoms with Gasteiger partial charge in [-0.25, -0.2) is 4.83 Å².